The molecule has 0 atom stereocenters. The van der Waals surface area contributed by atoms with Gasteiger partial charge in [-0.15, -0.1) is 0 Å². The minimum atomic E-state index is 0.251. The van der Waals surface area contributed by atoms with Gasteiger partial charge in [0.15, 0.2) is 5.76 Å². The SMILES string of the molecule is Cc1cccc(OCc2ccc(-c3nc(C#N)c(N4CCOCC4)o3)o2)c1. The quantitative estimate of drug-likeness (QED) is 0.684. The summed E-state index contributed by atoms with van der Waals surface area (Å²) in [5.74, 6) is 2.65. The van der Waals surface area contributed by atoms with E-state index in [1.54, 1.807) is 6.07 Å². The van der Waals surface area contributed by atoms with Crippen LogP contribution in [0.1, 0.15) is 17.0 Å². The van der Waals surface area contributed by atoms with E-state index in [0.29, 0.717) is 50.3 Å². The van der Waals surface area contributed by atoms with Crippen molar-refractivity contribution in [1.82, 2.24) is 4.98 Å². The summed E-state index contributed by atoms with van der Waals surface area (Å²) in [6.07, 6.45) is 0. The van der Waals surface area contributed by atoms with Gasteiger partial charge in [-0.25, -0.2) is 0 Å². The molecule has 0 spiro atoms. The van der Waals surface area contributed by atoms with Gasteiger partial charge in [0.25, 0.3) is 5.89 Å². The van der Waals surface area contributed by atoms with Crippen LogP contribution in [-0.2, 0) is 11.3 Å². The van der Waals surface area contributed by atoms with Gasteiger partial charge < -0.3 is 23.2 Å². The number of oxazole rings is 1. The van der Waals surface area contributed by atoms with E-state index in [1.807, 2.05) is 42.2 Å². The Bertz CT molecular complexity index is 964. The predicted molar refractivity (Wildman–Crippen MR) is 97.5 cm³/mol. The Balaban J connectivity index is 1.49. The Morgan fingerprint density at radius 2 is 2.04 bits per heavy atom. The van der Waals surface area contributed by atoms with Gasteiger partial charge in [-0.2, -0.15) is 10.2 Å². The van der Waals surface area contributed by atoms with E-state index >= 15 is 0 Å². The van der Waals surface area contributed by atoms with Crippen LogP contribution in [0.2, 0.25) is 0 Å². The molecule has 27 heavy (non-hydrogen) atoms. The molecule has 1 aliphatic heterocycles. The highest BCUT2D eigenvalue weighted by molar-refractivity contribution is 5.56. The van der Waals surface area contributed by atoms with Crippen LogP contribution < -0.4 is 9.64 Å². The normalized spacial score (nSPS) is 14.1. The van der Waals surface area contributed by atoms with Gasteiger partial charge in [0, 0.05) is 13.1 Å². The van der Waals surface area contributed by atoms with Gasteiger partial charge >= 0.3 is 0 Å². The van der Waals surface area contributed by atoms with Crippen molar-refractivity contribution in [2.75, 3.05) is 31.2 Å². The zero-order valence-electron chi connectivity index (χ0n) is 15.0. The van der Waals surface area contributed by atoms with Crippen molar-refractivity contribution in [3.8, 4) is 23.5 Å². The van der Waals surface area contributed by atoms with Crippen LogP contribution in [0.15, 0.2) is 45.2 Å². The molecular weight excluding hydrogens is 346 g/mol. The van der Waals surface area contributed by atoms with Crippen molar-refractivity contribution in [3.05, 3.63) is 53.4 Å². The second-order valence-corrected chi connectivity index (χ2v) is 6.26. The number of benzene rings is 1. The molecule has 3 aromatic rings. The third-order valence-electron chi connectivity index (χ3n) is 4.26. The van der Waals surface area contributed by atoms with Crippen molar-refractivity contribution in [2.24, 2.45) is 0 Å². The number of hydrogen-bond acceptors (Lipinski definition) is 7. The fourth-order valence-electron chi connectivity index (χ4n) is 2.90. The van der Waals surface area contributed by atoms with E-state index in [-0.39, 0.29) is 11.6 Å². The molecule has 0 N–H and O–H groups in total. The molecule has 1 aliphatic rings. The van der Waals surface area contributed by atoms with E-state index in [2.05, 4.69) is 11.1 Å². The van der Waals surface area contributed by atoms with E-state index in [9.17, 15) is 5.26 Å². The molecule has 1 aromatic carbocycles. The van der Waals surface area contributed by atoms with E-state index in [0.717, 1.165) is 11.3 Å². The number of anilines is 1. The van der Waals surface area contributed by atoms with Crippen LogP contribution in [0, 0.1) is 18.3 Å². The molecule has 2 aromatic heterocycles. The first kappa shape index (κ1) is 17.2. The van der Waals surface area contributed by atoms with Crippen LogP contribution in [0.3, 0.4) is 0 Å². The molecule has 0 amide bonds. The Hall–Kier alpha value is -3.24. The first-order chi connectivity index (χ1) is 13.2. The average molecular weight is 365 g/mol. The van der Waals surface area contributed by atoms with Crippen molar-refractivity contribution in [1.29, 1.82) is 5.26 Å². The molecule has 7 heteroatoms. The number of nitriles is 1. The number of rotatable bonds is 5. The summed E-state index contributed by atoms with van der Waals surface area (Å²) in [6.45, 7) is 4.84. The standard InChI is InChI=1S/C20H19N3O4/c1-14-3-2-4-15(11-14)25-13-16-5-6-18(26-16)19-22-17(12-21)20(27-19)23-7-9-24-10-8-23/h2-6,11H,7-10,13H2,1H3. The van der Waals surface area contributed by atoms with Crippen LogP contribution in [0.25, 0.3) is 11.7 Å². The largest absolute Gasteiger partial charge is 0.486 e. The molecule has 4 rings (SSSR count). The molecule has 1 saturated heterocycles. The third-order valence-corrected chi connectivity index (χ3v) is 4.26. The van der Waals surface area contributed by atoms with Crippen LogP contribution in [0.4, 0.5) is 5.88 Å². The Morgan fingerprint density at radius 1 is 1.19 bits per heavy atom. The van der Waals surface area contributed by atoms with Crippen molar-refractivity contribution >= 4 is 5.88 Å². The number of nitrogens with zero attached hydrogens (tertiary/aromatic N) is 3. The molecule has 3 heterocycles. The number of furan rings is 1. The number of aromatic nitrogens is 1. The summed E-state index contributed by atoms with van der Waals surface area (Å²) in [5, 5.41) is 9.37. The molecule has 0 unspecified atom stereocenters. The first-order valence-electron chi connectivity index (χ1n) is 8.75. The van der Waals surface area contributed by atoms with Crippen molar-refractivity contribution in [3.63, 3.8) is 0 Å². The Labute approximate surface area is 156 Å². The topological polar surface area (TPSA) is 84.7 Å². The summed E-state index contributed by atoms with van der Waals surface area (Å²) < 4.78 is 22.7. The maximum Gasteiger partial charge on any atom is 0.266 e. The zero-order chi connectivity index (χ0) is 18.6. The molecule has 7 nitrogen and oxygen atoms in total. The van der Waals surface area contributed by atoms with E-state index in [4.69, 9.17) is 18.3 Å². The lowest BCUT2D eigenvalue weighted by Gasteiger charge is -2.25. The van der Waals surface area contributed by atoms with Crippen LogP contribution in [-0.4, -0.2) is 31.3 Å². The van der Waals surface area contributed by atoms with Crippen molar-refractivity contribution in [2.45, 2.75) is 13.5 Å². The van der Waals surface area contributed by atoms with Gasteiger partial charge in [-0.1, -0.05) is 12.1 Å². The minimum absolute atomic E-state index is 0.251. The molecule has 0 bridgehead atoms. The summed E-state index contributed by atoms with van der Waals surface area (Å²) >= 11 is 0. The fourth-order valence-corrected chi connectivity index (χ4v) is 2.90. The number of ether oxygens (including phenoxy) is 2. The highest BCUT2D eigenvalue weighted by Gasteiger charge is 2.23. The molecular formula is C20H19N3O4. The Kier molecular flexibility index (Phi) is 4.81. The molecule has 0 aliphatic carbocycles. The lowest BCUT2D eigenvalue weighted by Crippen LogP contribution is -2.36. The monoisotopic (exact) mass is 365 g/mol. The van der Waals surface area contributed by atoms with Crippen molar-refractivity contribution < 1.29 is 18.3 Å². The number of morpholine rings is 1. The Morgan fingerprint density at radius 3 is 2.81 bits per heavy atom. The van der Waals surface area contributed by atoms with Gasteiger partial charge in [0.2, 0.25) is 11.6 Å². The maximum atomic E-state index is 9.37. The summed E-state index contributed by atoms with van der Waals surface area (Å²) in [7, 11) is 0. The number of hydrogen-bond donors (Lipinski definition) is 0. The van der Waals surface area contributed by atoms with Gasteiger partial charge in [0.1, 0.15) is 24.2 Å². The van der Waals surface area contributed by atoms with Gasteiger partial charge in [0.05, 0.1) is 13.2 Å². The van der Waals surface area contributed by atoms with E-state index < -0.39 is 0 Å². The molecule has 0 saturated carbocycles. The number of aryl methyl sites for hydroxylation is 1. The lowest BCUT2D eigenvalue weighted by molar-refractivity contribution is 0.120. The second kappa shape index (κ2) is 7.56. The predicted octanol–water partition coefficient (Wildman–Crippen LogP) is 3.53. The minimum Gasteiger partial charge on any atom is -0.486 e. The highest BCUT2D eigenvalue weighted by Crippen LogP contribution is 2.30. The van der Waals surface area contributed by atoms with Gasteiger partial charge in [-0.3, -0.25) is 0 Å². The second-order valence-electron chi connectivity index (χ2n) is 6.26. The maximum absolute atomic E-state index is 9.37. The lowest BCUT2D eigenvalue weighted by atomic mass is 10.2. The summed E-state index contributed by atoms with van der Waals surface area (Å²) in [4.78, 5) is 6.23. The van der Waals surface area contributed by atoms with Crippen LogP contribution in [0.5, 0.6) is 5.75 Å². The third kappa shape index (κ3) is 3.81. The average Bonchev–Trinajstić information content (AvgIpc) is 3.34. The fraction of sp³-hybridized carbons (Fsp3) is 0.300. The summed E-state index contributed by atoms with van der Waals surface area (Å²) in [6, 6.07) is 13.5. The molecule has 0 radical (unpaired) electrons. The zero-order valence-corrected chi connectivity index (χ0v) is 15.0. The molecule has 1 fully saturated rings. The smallest absolute Gasteiger partial charge is 0.266 e. The highest BCUT2D eigenvalue weighted by atomic mass is 16.5. The van der Waals surface area contributed by atoms with E-state index in [1.165, 1.54) is 0 Å². The first-order valence-corrected chi connectivity index (χ1v) is 8.75. The van der Waals surface area contributed by atoms with Gasteiger partial charge in [-0.05, 0) is 36.8 Å². The molecule has 138 valence electrons. The summed E-state index contributed by atoms with van der Waals surface area (Å²) in [5.41, 5.74) is 1.38. The van der Waals surface area contributed by atoms with Crippen LogP contribution >= 0.6 is 0 Å².